The first-order valence-electron chi connectivity index (χ1n) is 4.67. The third-order valence-electron chi connectivity index (χ3n) is 2.02. The molecule has 1 aromatic carbocycles. The minimum absolute atomic E-state index is 0.633. The summed E-state index contributed by atoms with van der Waals surface area (Å²) in [6, 6.07) is 7.51. The third kappa shape index (κ3) is 2.25. The van der Waals surface area contributed by atoms with Gasteiger partial charge < -0.3 is 10.5 Å². The first kappa shape index (κ1) is 10.8. The van der Waals surface area contributed by atoms with Crippen LogP contribution in [0.15, 0.2) is 46.7 Å². The van der Waals surface area contributed by atoms with E-state index in [0.29, 0.717) is 11.4 Å². The van der Waals surface area contributed by atoms with E-state index in [1.54, 1.807) is 13.3 Å². The second kappa shape index (κ2) is 4.85. The molecular formula is C11H11N3OS. The van der Waals surface area contributed by atoms with E-state index in [0.717, 1.165) is 9.92 Å². The Kier molecular flexibility index (Phi) is 3.26. The van der Waals surface area contributed by atoms with Gasteiger partial charge in [-0.15, -0.1) is 0 Å². The molecule has 1 aromatic heterocycles. The van der Waals surface area contributed by atoms with Crippen molar-refractivity contribution in [2.45, 2.75) is 9.92 Å². The molecular weight excluding hydrogens is 222 g/mol. The lowest BCUT2D eigenvalue weighted by atomic mass is 10.3. The highest BCUT2D eigenvalue weighted by Gasteiger charge is 2.06. The number of para-hydroxylation sites is 1. The molecule has 5 heteroatoms. The predicted molar refractivity (Wildman–Crippen MR) is 63.6 cm³/mol. The summed E-state index contributed by atoms with van der Waals surface area (Å²) < 4.78 is 5.15. The van der Waals surface area contributed by atoms with E-state index in [9.17, 15) is 0 Å². The molecule has 0 aliphatic rings. The topological polar surface area (TPSA) is 61.0 Å². The second-order valence-electron chi connectivity index (χ2n) is 3.02. The number of methoxy groups -OCH3 is 1. The fourth-order valence-corrected chi connectivity index (χ4v) is 2.05. The quantitative estimate of drug-likeness (QED) is 0.650. The fourth-order valence-electron chi connectivity index (χ4n) is 1.24. The molecule has 0 atom stereocenters. The minimum atomic E-state index is 0.633. The van der Waals surface area contributed by atoms with Crippen LogP contribution in [0, 0.1) is 0 Å². The van der Waals surface area contributed by atoms with Gasteiger partial charge in [0, 0.05) is 11.1 Å². The van der Waals surface area contributed by atoms with Gasteiger partial charge in [0.1, 0.15) is 17.1 Å². The number of nitrogens with zero attached hydrogens (tertiary/aromatic N) is 2. The van der Waals surface area contributed by atoms with E-state index in [1.807, 2.05) is 24.3 Å². The van der Waals surface area contributed by atoms with Gasteiger partial charge in [-0.25, -0.2) is 9.97 Å². The number of hydrogen-bond donors (Lipinski definition) is 1. The Morgan fingerprint density at radius 3 is 2.88 bits per heavy atom. The summed E-state index contributed by atoms with van der Waals surface area (Å²) in [6.07, 6.45) is 3.21. The zero-order valence-corrected chi connectivity index (χ0v) is 9.57. The number of benzene rings is 1. The van der Waals surface area contributed by atoms with Gasteiger partial charge in [0.05, 0.1) is 12.8 Å². The highest BCUT2D eigenvalue weighted by atomic mass is 32.2. The molecule has 0 amide bonds. The van der Waals surface area contributed by atoms with Gasteiger partial charge in [-0.2, -0.15) is 0 Å². The number of nitrogen functional groups attached to an aromatic ring is 1. The van der Waals surface area contributed by atoms with Gasteiger partial charge in [-0.3, -0.25) is 0 Å². The Morgan fingerprint density at radius 2 is 2.19 bits per heavy atom. The molecule has 0 fully saturated rings. The first-order valence-corrected chi connectivity index (χ1v) is 5.49. The van der Waals surface area contributed by atoms with Crippen molar-refractivity contribution in [2.75, 3.05) is 12.8 Å². The normalized spacial score (nSPS) is 10.1. The van der Waals surface area contributed by atoms with Crippen LogP contribution in [0.3, 0.4) is 0 Å². The first-order chi connectivity index (χ1) is 7.81. The Bertz CT molecular complexity index is 476. The van der Waals surface area contributed by atoms with E-state index in [1.165, 1.54) is 18.1 Å². The molecule has 2 aromatic rings. The molecule has 0 aliphatic heterocycles. The summed E-state index contributed by atoms with van der Waals surface area (Å²) in [5.74, 6) is 0.680. The summed E-state index contributed by atoms with van der Waals surface area (Å²) in [7, 11) is 1.60. The smallest absolute Gasteiger partial charge is 0.142 e. The van der Waals surface area contributed by atoms with E-state index in [4.69, 9.17) is 10.5 Å². The maximum absolute atomic E-state index is 5.95. The summed E-state index contributed by atoms with van der Waals surface area (Å²) in [6.45, 7) is 0. The molecule has 16 heavy (non-hydrogen) atoms. The molecule has 1 heterocycles. The standard InChI is InChI=1S/C11H11N3OS/c1-15-8-3-2-4-9(11(8)12)16-10-5-6-13-7-14-10/h2-7H,12H2,1H3. The molecule has 2 N–H and O–H groups in total. The van der Waals surface area contributed by atoms with Crippen molar-refractivity contribution in [3.63, 3.8) is 0 Å². The maximum atomic E-state index is 5.95. The lowest BCUT2D eigenvalue weighted by Gasteiger charge is -2.08. The molecule has 0 spiro atoms. The van der Waals surface area contributed by atoms with Crippen LogP contribution in [0.2, 0.25) is 0 Å². The molecule has 0 aliphatic carbocycles. The van der Waals surface area contributed by atoms with Gasteiger partial charge in [0.25, 0.3) is 0 Å². The molecule has 0 bridgehead atoms. The molecule has 0 unspecified atom stereocenters. The molecule has 82 valence electrons. The van der Waals surface area contributed by atoms with Crippen LogP contribution in [0.1, 0.15) is 0 Å². The molecule has 4 nitrogen and oxygen atoms in total. The van der Waals surface area contributed by atoms with Gasteiger partial charge >= 0.3 is 0 Å². The van der Waals surface area contributed by atoms with E-state index >= 15 is 0 Å². The summed E-state index contributed by atoms with van der Waals surface area (Å²) >= 11 is 1.49. The van der Waals surface area contributed by atoms with Crippen molar-refractivity contribution in [1.29, 1.82) is 0 Å². The average molecular weight is 233 g/mol. The monoisotopic (exact) mass is 233 g/mol. The second-order valence-corrected chi connectivity index (χ2v) is 4.08. The zero-order chi connectivity index (χ0) is 11.4. The van der Waals surface area contributed by atoms with Crippen molar-refractivity contribution in [3.8, 4) is 5.75 Å². The van der Waals surface area contributed by atoms with Crippen molar-refractivity contribution in [2.24, 2.45) is 0 Å². The van der Waals surface area contributed by atoms with Crippen LogP contribution in [-0.4, -0.2) is 17.1 Å². The number of nitrogens with two attached hydrogens (primary N) is 1. The fraction of sp³-hybridized carbons (Fsp3) is 0.0909. The lowest BCUT2D eigenvalue weighted by Crippen LogP contribution is -1.94. The average Bonchev–Trinajstić information content (AvgIpc) is 2.33. The number of aromatic nitrogens is 2. The lowest BCUT2D eigenvalue weighted by molar-refractivity contribution is 0.416. The molecule has 0 saturated carbocycles. The van der Waals surface area contributed by atoms with Crippen molar-refractivity contribution in [1.82, 2.24) is 9.97 Å². The highest BCUT2D eigenvalue weighted by Crippen LogP contribution is 2.35. The Labute approximate surface area is 97.9 Å². The minimum Gasteiger partial charge on any atom is -0.495 e. The van der Waals surface area contributed by atoms with Crippen LogP contribution >= 0.6 is 11.8 Å². The third-order valence-corrected chi connectivity index (χ3v) is 3.04. The molecule has 0 saturated heterocycles. The highest BCUT2D eigenvalue weighted by molar-refractivity contribution is 7.99. The Balaban J connectivity index is 2.28. The van der Waals surface area contributed by atoms with Crippen LogP contribution in [0.25, 0.3) is 0 Å². The molecule has 0 radical (unpaired) electrons. The largest absolute Gasteiger partial charge is 0.495 e. The van der Waals surface area contributed by atoms with E-state index in [-0.39, 0.29) is 0 Å². The van der Waals surface area contributed by atoms with Crippen LogP contribution < -0.4 is 10.5 Å². The zero-order valence-electron chi connectivity index (χ0n) is 8.75. The van der Waals surface area contributed by atoms with E-state index < -0.39 is 0 Å². The van der Waals surface area contributed by atoms with Gasteiger partial charge in [-0.1, -0.05) is 17.8 Å². The summed E-state index contributed by atoms with van der Waals surface area (Å²) in [5, 5.41) is 0.856. The SMILES string of the molecule is COc1cccc(Sc2ccncn2)c1N. The Hall–Kier alpha value is -1.75. The summed E-state index contributed by atoms with van der Waals surface area (Å²) in [4.78, 5) is 8.92. The number of hydrogen-bond acceptors (Lipinski definition) is 5. The van der Waals surface area contributed by atoms with Crippen LogP contribution in [0.4, 0.5) is 5.69 Å². The van der Waals surface area contributed by atoms with Crippen molar-refractivity contribution >= 4 is 17.4 Å². The van der Waals surface area contributed by atoms with E-state index in [2.05, 4.69) is 9.97 Å². The summed E-state index contributed by atoms with van der Waals surface area (Å²) in [5.41, 5.74) is 6.59. The van der Waals surface area contributed by atoms with Gasteiger partial charge in [0.2, 0.25) is 0 Å². The van der Waals surface area contributed by atoms with Crippen molar-refractivity contribution < 1.29 is 4.74 Å². The maximum Gasteiger partial charge on any atom is 0.142 e. The number of rotatable bonds is 3. The number of ether oxygens (including phenoxy) is 1. The predicted octanol–water partition coefficient (Wildman–Crippen LogP) is 2.22. The Morgan fingerprint density at radius 1 is 1.31 bits per heavy atom. The van der Waals surface area contributed by atoms with Gasteiger partial charge in [-0.05, 0) is 18.2 Å². The number of anilines is 1. The van der Waals surface area contributed by atoms with Crippen LogP contribution in [-0.2, 0) is 0 Å². The van der Waals surface area contributed by atoms with Gasteiger partial charge in [0.15, 0.2) is 0 Å². The van der Waals surface area contributed by atoms with Crippen molar-refractivity contribution in [3.05, 3.63) is 36.8 Å². The molecule has 2 rings (SSSR count). The van der Waals surface area contributed by atoms with Crippen LogP contribution in [0.5, 0.6) is 5.75 Å².